The van der Waals surface area contributed by atoms with E-state index < -0.39 is 0 Å². The van der Waals surface area contributed by atoms with E-state index in [-0.39, 0.29) is 6.04 Å². The zero-order chi connectivity index (χ0) is 14.5. The summed E-state index contributed by atoms with van der Waals surface area (Å²) < 4.78 is 0. The molecule has 0 bridgehead atoms. The summed E-state index contributed by atoms with van der Waals surface area (Å²) in [5, 5.41) is 0.805. The van der Waals surface area contributed by atoms with Gasteiger partial charge in [0, 0.05) is 15.8 Å². The molecule has 0 saturated heterocycles. The normalized spacial score (nSPS) is 12.4. The highest BCUT2D eigenvalue weighted by atomic mass is 35.5. The van der Waals surface area contributed by atoms with E-state index >= 15 is 0 Å². The van der Waals surface area contributed by atoms with Gasteiger partial charge in [-0.2, -0.15) is 0 Å². The van der Waals surface area contributed by atoms with Crippen LogP contribution in [-0.4, -0.2) is 6.04 Å². The van der Waals surface area contributed by atoms with E-state index in [1.54, 1.807) is 11.8 Å². The molecule has 0 heterocycles. The molecule has 1 atom stereocenters. The predicted molar refractivity (Wildman–Crippen MR) is 88.7 cm³/mol. The molecule has 20 heavy (non-hydrogen) atoms. The zero-order valence-electron chi connectivity index (χ0n) is 11.9. The van der Waals surface area contributed by atoms with Gasteiger partial charge >= 0.3 is 0 Å². The van der Waals surface area contributed by atoms with Gasteiger partial charge in [0.1, 0.15) is 0 Å². The van der Waals surface area contributed by atoms with E-state index in [4.69, 9.17) is 17.3 Å². The van der Waals surface area contributed by atoms with Crippen LogP contribution in [0.4, 0.5) is 0 Å². The van der Waals surface area contributed by atoms with Crippen LogP contribution in [0.5, 0.6) is 0 Å². The summed E-state index contributed by atoms with van der Waals surface area (Å²) in [6.07, 6.45) is 1.86. The summed E-state index contributed by atoms with van der Waals surface area (Å²) in [6.45, 7) is 4.22. The van der Waals surface area contributed by atoms with Gasteiger partial charge in [-0.25, -0.2) is 0 Å². The lowest BCUT2D eigenvalue weighted by molar-refractivity contribution is 0.646. The molecule has 0 saturated carbocycles. The molecule has 1 nitrogen and oxygen atoms in total. The second-order valence-electron chi connectivity index (χ2n) is 5.00. The fourth-order valence-electron chi connectivity index (χ4n) is 1.99. The van der Waals surface area contributed by atoms with Gasteiger partial charge in [-0.15, -0.1) is 0 Å². The third kappa shape index (κ3) is 4.02. The van der Waals surface area contributed by atoms with Crippen LogP contribution in [0.1, 0.15) is 24.5 Å². The molecule has 0 radical (unpaired) electrons. The molecule has 106 valence electrons. The largest absolute Gasteiger partial charge is 0.327 e. The van der Waals surface area contributed by atoms with Crippen LogP contribution in [0, 0.1) is 6.92 Å². The number of rotatable bonds is 5. The number of hydrogen-bond acceptors (Lipinski definition) is 2. The van der Waals surface area contributed by atoms with E-state index in [1.807, 2.05) is 6.07 Å². The molecule has 0 amide bonds. The van der Waals surface area contributed by atoms with Crippen molar-refractivity contribution in [1.29, 1.82) is 0 Å². The first-order chi connectivity index (χ1) is 9.60. The molecular weight excluding hydrogens is 286 g/mol. The SMILES string of the molecule is CCC(N)Cc1ccc(Sc2ccccc2C)c(Cl)c1. The van der Waals surface area contributed by atoms with Crippen molar-refractivity contribution in [2.24, 2.45) is 5.73 Å². The minimum absolute atomic E-state index is 0.209. The fourth-order valence-corrected chi connectivity index (χ4v) is 3.21. The minimum Gasteiger partial charge on any atom is -0.327 e. The number of benzene rings is 2. The average molecular weight is 306 g/mol. The molecule has 0 aliphatic rings. The van der Waals surface area contributed by atoms with Gasteiger partial charge in [0.15, 0.2) is 0 Å². The predicted octanol–water partition coefficient (Wildman–Crippen LogP) is 5.08. The van der Waals surface area contributed by atoms with Crippen molar-refractivity contribution in [3.05, 3.63) is 58.6 Å². The van der Waals surface area contributed by atoms with Crippen LogP contribution in [0.15, 0.2) is 52.3 Å². The first kappa shape index (κ1) is 15.4. The van der Waals surface area contributed by atoms with Gasteiger partial charge in [0.05, 0.1) is 5.02 Å². The Kier molecular flexibility index (Phi) is 5.53. The summed E-state index contributed by atoms with van der Waals surface area (Å²) in [7, 11) is 0. The number of halogens is 1. The Bertz CT molecular complexity index is 583. The summed E-state index contributed by atoms with van der Waals surface area (Å²) >= 11 is 8.11. The summed E-state index contributed by atoms with van der Waals surface area (Å²) in [6, 6.07) is 14.8. The van der Waals surface area contributed by atoms with E-state index in [2.05, 4.69) is 50.2 Å². The first-order valence-corrected chi connectivity index (χ1v) is 8.07. The van der Waals surface area contributed by atoms with Gasteiger partial charge in [-0.1, -0.05) is 54.6 Å². The Morgan fingerprint density at radius 3 is 2.55 bits per heavy atom. The van der Waals surface area contributed by atoms with Gasteiger partial charge < -0.3 is 5.73 Å². The third-order valence-electron chi connectivity index (χ3n) is 3.33. The third-order valence-corrected chi connectivity index (χ3v) is 5.01. The van der Waals surface area contributed by atoms with Crippen molar-refractivity contribution in [3.8, 4) is 0 Å². The van der Waals surface area contributed by atoms with Gasteiger partial charge in [-0.3, -0.25) is 0 Å². The molecule has 0 spiro atoms. The van der Waals surface area contributed by atoms with Crippen molar-refractivity contribution >= 4 is 23.4 Å². The molecule has 0 aliphatic heterocycles. The molecule has 0 aliphatic carbocycles. The highest BCUT2D eigenvalue weighted by Crippen LogP contribution is 2.35. The lowest BCUT2D eigenvalue weighted by Gasteiger charge is -2.11. The highest BCUT2D eigenvalue weighted by molar-refractivity contribution is 7.99. The molecule has 2 aromatic carbocycles. The van der Waals surface area contributed by atoms with E-state index in [0.29, 0.717) is 0 Å². The van der Waals surface area contributed by atoms with Gasteiger partial charge in [-0.05, 0) is 49.1 Å². The maximum absolute atomic E-state index is 6.40. The first-order valence-electron chi connectivity index (χ1n) is 6.87. The second kappa shape index (κ2) is 7.16. The minimum atomic E-state index is 0.209. The van der Waals surface area contributed by atoms with E-state index in [0.717, 1.165) is 22.8 Å². The summed E-state index contributed by atoms with van der Waals surface area (Å²) in [4.78, 5) is 2.34. The number of aryl methyl sites for hydroxylation is 1. The Balaban J connectivity index is 2.16. The average Bonchev–Trinajstić information content (AvgIpc) is 2.44. The summed E-state index contributed by atoms with van der Waals surface area (Å²) in [5.41, 5.74) is 8.46. The molecular formula is C17H20ClNS. The van der Waals surface area contributed by atoms with Gasteiger partial charge in [0.2, 0.25) is 0 Å². The molecule has 2 N–H and O–H groups in total. The van der Waals surface area contributed by atoms with Crippen LogP contribution < -0.4 is 5.73 Å². The number of nitrogens with two attached hydrogens (primary N) is 1. The maximum Gasteiger partial charge on any atom is 0.0548 e. The summed E-state index contributed by atoms with van der Waals surface area (Å²) in [5.74, 6) is 0. The van der Waals surface area contributed by atoms with Crippen molar-refractivity contribution in [3.63, 3.8) is 0 Å². The Hall–Kier alpha value is -0.960. The zero-order valence-corrected chi connectivity index (χ0v) is 13.5. The second-order valence-corrected chi connectivity index (χ2v) is 6.50. The van der Waals surface area contributed by atoms with Crippen molar-refractivity contribution < 1.29 is 0 Å². The molecule has 0 aromatic heterocycles. The quantitative estimate of drug-likeness (QED) is 0.833. The fraction of sp³-hybridized carbons (Fsp3) is 0.294. The lowest BCUT2D eigenvalue weighted by Crippen LogP contribution is -2.21. The Morgan fingerprint density at radius 2 is 1.90 bits per heavy atom. The standard InChI is InChI=1S/C17H20ClNS/c1-3-14(19)10-13-8-9-17(15(18)11-13)20-16-7-5-4-6-12(16)2/h4-9,11,14H,3,10,19H2,1-2H3. The van der Waals surface area contributed by atoms with Crippen LogP contribution >= 0.6 is 23.4 Å². The molecule has 0 fully saturated rings. The van der Waals surface area contributed by atoms with E-state index in [9.17, 15) is 0 Å². The molecule has 1 unspecified atom stereocenters. The topological polar surface area (TPSA) is 26.0 Å². The van der Waals surface area contributed by atoms with Crippen LogP contribution in [0.3, 0.4) is 0 Å². The van der Waals surface area contributed by atoms with Crippen molar-refractivity contribution in [2.45, 2.75) is 42.5 Å². The Morgan fingerprint density at radius 1 is 1.15 bits per heavy atom. The van der Waals surface area contributed by atoms with Crippen LogP contribution in [-0.2, 0) is 6.42 Å². The highest BCUT2D eigenvalue weighted by Gasteiger charge is 2.07. The van der Waals surface area contributed by atoms with Crippen LogP contribution in [0.25, 0.3) is 0 Å². The molecule has 2 aromatic rings. The smallest absolute Gasteiger partial charge is 0.0548 e. The lowest BCUT2D eigenvalue weighted by atomic mass is 10.1. The number of hydrogen-bond donors (Lipinski definition) is 1. The maximum atomic E-state index is 6.40. The van der Waals surface area contributed by atoms with E-state index in [1.165, 1.54) is 16.0 Å². The van der Waals surface area contributed by atoms with Crippen molar-refractivity contribution in [2.75, 3.05) is 0 Å². The van der Waals surface area contributed by atoms with Gasteiger partial charge in [0.25, 0.3) is 0 Å². The Labute approximate surface area is 130 Å². The molecule has 2 rings (SSSR count). The monoisotopic (exact) mass is 305 g/mol. The van der Waals surface area contributed by atoms with Crippen LogP contribution in [0.2, 0.25) is 5.02 Å². The molecule has 3 heteroatoms. The van der Waals surface area contributed by atoms with Crippen molar-refractivity contribution in [1.82, 2.24) is 0 Å².